The molecule has 0 unspecified atom stereocenters. The van der Waals surface area contributed by atoms with E-state index in [4.69, 9.17) is 5.73 Å². The number of halogens is 2. The SMILES string of the molecule is Cc1c(C(=O)Nc2c(N)ccc(F)c2F)cnn1C. The molecule has 19 heavy (non-hydrogen) atoms. The minimum Gasteiger partial charge on any atom is -0.397 e. The van der Waals surface area contributed by atoms with E-state index in [1.54, 1.807) is 14.0 Å². The fourth-order valence-electron chi connectivity index (χ4n) is 1.60. The highest BCUT2D eigenvalue weighted by Crippen LogP contribution is 2.25. The molecule has 0 spiro atoms. The van der Waals surface area contributed by atoms with Crippen LogP contribution in [0.15, 0.2) is 18.3 Å². The molecule has 0 aliphatic carbocycles. The van der Waals surface area contributed by atoms with Gasteiger partial charge >= 0.3 is 0 Å². The van der Waals surface area contributed by atoms with Crippen molar-refractivity contribution in [3.63, 3.8) is 0 Å². The van der Waals surface area contributed by atoms with Crippen LogP contribution in [0, 0.1) is 18.6 Å². The average molecular weight is 266 g/mol. The Balaban J connectivity index is 2.35. The molecule has 0 fully saturated rings. The molecule has 0 saturated heterocycles. The molecule has 0 radical (unpaired) electrons. The third-order valence-corrected chi connectivity index (χ3v) is 2.85. The van der Waals surface area contributed by atoms with E-state index in [0.29, 0.717) is 5.69 Å². The number of nitrogens with two attached hydrogens (primary N) is 1. The minimum absolute atomic E-state index is 0.0474. The normalized spacial score (nSPS) is 10.5. The van der Waals surface area contributed by atoms with Gasteiger partial charge in [-0.1, -0.05) is 0 Å². The first-order chi connectivity index (χ1) is 8.91. The smallest absolute Gasteiger partial charge is 0.259 e. The monoisotopic (exact) mass is 266 g/mol. The molecule has 1 heterocycles. The zero-order chi connectivity index (χ0) is 14.2. The number of anilines is 2. The maximum atomic E-state index is 13.6. The maximum Gasteiger partial charge on any atom is 0.259 e. The second-order valence-electron chi connectivity index (χ2n) is 4.05. The first kappa shape index (κ1) is 13.0. The standard InChI is InChI=1S/C12H12F2N4O/c1-6-7(5-16-18(6)2)12(19)17-11-9(15)4-3-8(13)10(11)14/h3-5H,15H2,1-2H3,(H,17,19). The van der Waals surface area contributed by atoms with Crippen LogP contribution in [0.4, 0.5) is 20.2 Å². The fraction of sp³-hybridized carbons (Fsp3) is 0.167. The molecule has 7 heteroatoms. The van der Waals surface area contributed by atoms with Crippen molar-refractivity contribution >= 4 is 17.3 Å². The quantitative estimate of drug-likeness (QED) is 0.815. The topological polar surface area (TPSA) is 72.9 Å². The molecule has 100 valence electrons. The molecule has 0 atom stereocenters. The number of aryl methyl sites for hydroxylation is 1. The highest BCUT2D eigenvalue weighted by molar-refractivity contribution is 6.06. The molecule has 1 aromatic heterocycles. The molecule has 0 aliphatic heterocycles. The summed E-state index contributed by atoms with van der Waals surface area (Å²) in [6.45, 7) is 1.69. The molecule has 1 aromatic carbocycles. The lowest BCUT2D eigenvalue weighted by Gasteiger charge is -2.09. The highest BCUT2D eigenvalue weighted by atomic mass is 19.2. The fourth-order valence-corrected chi connectivity index (χ4v) is 1.60. The lowest BCUT2D eigenvalue weighted by atomic mass is 10.2. The molecule has 5 nitrogen and oxygen atoms in total. The average Bonchev–Trinajstić information content (AvgIpc) is 2.70. The van der Waals surface area contributed by atoms with Gasteiger partial charge in [0.25, 0.3) is 5.91 Å². The van der Waals surface area contributed by atoms with Crippen LogP contribution in [0.5, 0.6) is 0 Å². The van der Waals surface area contributed by atoms with Gasteiger partial charge in [-0.05, 0) is 19.1 Å². The van der Waals surface area contributed by atoms with Gasteiger partial charge in [0.15, 0.2) is 11.6 Å². The summed E-state index contributed by atoms with van der Waals surface area (Å²) in [4.78, 5) is 12.0. The predicted octanol–water partition coefficient (Wildman–Crippen LogP) is 1.84. The summed E-state index contributed by atoms with van der Waals surface area (Å²) in [7, 11) is 1.67. The largest absolute Gasteiger partial charge is 0.397 e. The van der Waals surface area contributed by atoms with E-state index in [1.165, 1.54) is 16.9 Å². The highest BCUT2D eigenvalue weighted by Gasteiger charge is 2.18. The number of nitrogens with zero attached hydrogens (tertiary/aromatic N) is 2. The van der Waals surface area contributed by atoms with Crippen LogP contribution in [0.1, 0.15) is 16.1 Å². The van der Waals surface area contributed by atoms with Crippen molar-refractivity contribution in [1.29, 1.82) is 0 Å². The van der Waals surface area contributed by atoms with E-state index in [-0.39, 0.29) is 16.9 Å². The summed E-state index contributed by atoms with van der Waals surface area (Å²) in [6, 6.07) is 2.08. The van der Waals surface area contributed by atoms with Crippen molar-refractivity contribution in [2.24, 2.45) is 7.05 Å². The number of hydrogen-bond donors (Lipinski definition) is 2. The van der Waals surface area contributed by atoms with E-state index in [9.17, 15) is 13.6 Å². The maximum absolute atomic E-state index is 13.6. The van der Waals surface area contributed by atoms with Crippen LogP contribution in [-0.4, -0.2) is 15.7 Å². The molecular weight excluding hydrogens is 254 g/mol. The van der Waals surface area contributed by atoms with Crippen LogP contribution in [0.2, 0.25) is 0 Å². The van der Waals surface area contributed by atoms with E-state index in [0.717, 1.165) is 6.07 Å². The molecule has 0 saturated carbocycles. The molecule has 0 bridgehead atoms. The summed E-state index contributed by atoms with van der Waals surface area (Å²) in [5.41, 5.74) is 5.98. The number of hydrogen-bond acceptors (Lipinski definition) is 3. The second-order valence-corrected chi connectivity index (χ2v) is 4.05. The van der Waals surface area contributed by atoms with Crippen molar-refractivity contribution in [1.82, 2.24) is 9.78 Å². The van der Waals surface area contributed by atoms with Gasteiger partial charge in [-0.2, -0.15) is 5.10 Å². The van der Waals surface area contributed by atoms with Gasteiger partial charge in [-0.15, -0.1) is 0 Å². The Morgan fingerprint density at radius 2 is 2.11 bits per heavy atom. The van der Waals surface area contributed by atoms with Gasteiger partial charge < -0.3 is 11.1 Å². The number of nitrogens with one attached hydrogen (secondary N) is 1. The first-order valence-electron chi connectivity index (χ1n) is 5.45. The zero-order valence-electron chi connectivity index (χ0n) is 10.4. The summed E-state index contributed by atoms with van der Waals surface area (Å²) in [5.74, 6) is -2.86. The van der Waals surface area contributed by atoms with Crippen LogP contribution < -0.4 is 11.1 Å². The Labute approximate surface area is 108 Å². The second kappa shape index (κ2) is 4.68. The number of rotatable bonds is 2. The first-order valence-corrected chi connectivity index (χ1v) is 5.45. The van der Waals surface area contributed by atoms with Crippen LogP contribution >= 0.6 is 0 Å². The zero-order valence-corrected chi connectivity index (χ0v) is 10.4. The minimum atomic E-state index is -1.19. The molecular formula is C12H12F2N4O. The molecule has 2 aromatic rings. The van der Waals surface area contributed by atoms with Gasteiger partial charge in [0.2, 0.25) is 0 Å². The summed E-state index contributed by atoms with van der Waals surface area (Å²) >= 11 is 0. The third-order valence-electron chi connectivity index (χ3n) is 2.85. The molecule has 3 N–H and O–H groups in total. The van der Waals surface area contributed by atoms with E-state index < -0.39 is 17.5 Å². The Kier molecular flexibility index (Phi) is 3.20. The Morgan fingerprint density at radius 3 is 2.68 bits per heavy atom. The summed E-state index contributed by atoms with van der Waals surface area (Å²) in [5, 5.41) is 6.16. The van der Waals surface area contributed by atoms with Crippen LogP contribution in [0.25, 0.3) is 0 Å². The Hall–Kier alpha value is -2.44. The molecule has 1 amide bonds. The molecule has 0 aliphatic rings. The van der Waals surface area contributed by atoms with E-state index >= 15 is 0 Å². The van der Waals surface area contributed by atoms with Crippen LogP contribution in [0.3, 0.4) is 0 Å². The summed E-state index contributed by atoms with van der Waals surface area (Å²) < 4.78 is 28.2. The Bertz CT molecular complexity index is 651. The number of carbonyl (C=O) groups excluding carboxylic acids is 1. The van der Waals surface area contributed by atoms with Gasteiger partial charge in [0.1, 0.15) is 5.69 Å². The van der Waals surface area contributed by atoms with Crippen molar-refractivity contribution in [3.8, 4) is 0 Å². The number of carbonyl (C=O) groups is 1. The van der Waals surface area contributed by atoms with Crippen molar-refractivity contribution in [2.75, 3.05) is 11.1 Å². The predicted molar refractivity (Wildman–Crippen MR) is 66.7 cm³/mol. The van der Waals surface area contributed by atoms with Crippen molar-refractivity contribution < 1.29 is 13.6 Å². The van der Waals surface area contributed by atoms with E-state index in [2.05, 4.69) is 10.4 Å². The number of amides is 1. The van der Waals surface area contributed by atoms with Gasteiger partial charge in [-0.3, -0.25) is 9.48 Å². The van der Waals surface area contributed by atoms with E-state index in [1.807, 2.05) is 0 Å². The van der Waals surface area contributed by atoms with Gasteiger partial charge in [-0.25, -0.2) is 8.78 Å². The lowest BCUT2D eigenvalue weighted by Crippen LogP contribution is -2.16. The van der Waals surface area contributed by atoms with Gasteiger partial charge in [0.05, 0.1) is 17.4 Å². The van der Waals surface area contributed by atoms with Crippen molar-refractivity contribution in [2.45, 2.75) is 6.92 Å². The Morgan fingerprint density at radius 1 is 1.42 bits per heavy atom. The van der Waals surface area contributed by atoms with Crippen LogP contribution in [-0.2, 0) is 7.05 Å². The van der Waals surface area contributed by atoms with Gasteiger partial charge in [0, 0.05) is 12.7 Å². The number of nitrogen functional groups attached to an aromatic ring is 1. The number of benzene rings is 1. The van der Waals surface area contributed by atoms with Crippen molar-refractivity contribution in [3.05, 3.63) is 41.2 Å². The third kappa shape index (κ3) is 2.26. The summed E-state index contributed by atoms with van der Waals surface area (Å²) in [6.07, 6.45) is 1.35. The lowest BCUT2D eigenvalue weighted by molar-refractivity contribution is 0.102. The number of aromatic nitrogens is 2. The molecule has 2 rings (SSSR count).